The highest BCUT2D eigenvalue weighted by Crippen LogP contribution is 2.43. The van der Waals surface area contributed by atoms with Gasteiger partial charge in [0.2, 0.25) is 0 Å². The summed E-state index contributed by atoms with van der Waals surface area (Å²) in [6.45, 7) is 7.32. The molecular weight excluding hydrogens is 240 g/mol. The molecule has 1 spiro atoms. The number of carbonyl (C=O) groups is 1. The van der Waals surface area contributed by atoms with Crippen LogP contribution in [0.1, 0.15) is 59.3 Å². The number of hydrogen-bond donors (Lipinski definition) is 1. The first-order valence-electron chi connectivity index (χ1n) is 7.56. The highest BCUT2D eigenvalue weighted by molar-refractivity contribution is 5.68. The lowest BCUT2D eigenvalue weighted by atomic mass is 9.65. The summed E-state index contributed by atoms with van der Waals surface area (Å²) >= 11 is 0. The van der Waals surface area contributed by atoms with E-state index in [9.17, 15) is 4.79 Å². The van der Waals surface area contributed by atoms with Crippen LogP contribution in [0.2, 0.25) is 0 Å². The number of nitrogens with two attached hydrogens (primary N) is 1. The van der Waals surface area contributed by atoms with E-state index >= 15 is 0 Å². The van der Waals surface area contributed by atoms with Crippen molar-refractivity contribution in [3.05, 3.63) is 0 Å². The van der Waals surface area contributed by atoms with Crippen LogP contribution in [-0.4, -0.2) is 35.7 Å². The molecule has 1 saturated heterocycles. The number of ether oxygens (including phenoxy) is 1. The topological polar surface area (TPSA) is 55.6 Å². The summed E-state index contributed by atoms with van der Waals surface area (Å²) in [6.07, 6.45) is 6.83. The van der Waals surface area contributed by atoms with E-state index in [2.05, 4.69) is 0 Å². The summed E-state index contributed by atoms with van der Waals surface area (Å²) in [6, 6.07) is 0.321. The van der Waals surface area contributed by atoms with Crippen LogP contribution in [0.25, 0.3) is 0 Å². The van der Waals surface area contributed by atoms with Gasteiger partial charge in [-0.2, -0.15) is 0 Å². The van der Waals surface area contributed by atoms with Gasteiger partial charge in [-0.1, -0.05) is 12.8 Å². The Kier molecular flexibility index (Phi) is 4.09. The molecular formula is C15H28N2O2. The Morgan fingerprint density at radius 2 is 1.84 bits per heavy atom. The van der Waals surface area contributed by atoms with Crippen molar-refractivity contribution in [1.29, 1.82) is 0 Å². The second kappa shape index (κ2) is 5.31. The Labute approximate surface area is 116 Å². The predicted molar refractivity (Wildman–Crippen MR) is 75.9 cm³/mol. The van der Waals surface area contributed by atoms with Gasteiger partial charge in [-0.25, -0.2) is 4.79 Å². The van der Waals surface area contributed by atoms with Crippen LogP contribution in [0.15, 0.2) is 0 Å². The quantitative estimate of drug-likeness (QED) is 0.735. The third-order valence-corrected chi connectivity index (χ3v) is 4.64. The van der Waals surface area contributed by atoms with Crippen molar-refractivity contribution in [3.8, 4) is 0 Å². The Hall–Kier alpha value is -0.770. The summed E-state index contributed by atoms with van der Waals surface area (Å²) in [7, 11) is 0. The van der Waals surface area contributed by atoms with Crippen molar-refractivity contribution in [2.45, 2.75) is 70.9 Å². The molecule has 1 saturated carbocycles. The Balaban J connectivity index is 1.90. The molecule has 19 heavy (non-hydrogen) atoms. The summed E-state index contributed by atoms with van der Waals surface area (Å²) in [5, 5.41) is 0. The molecule has 2 fully saturated rings. The van der Waals surface area contributed by atoms with E-state index in [0.717, 1.165) is 32.4 Å². The van der Waals surface area contributed by atoms with Crippen LogP contribution in [0.3, 0.4) is 0 Å². The van der Waals surface area contributed by atoms with E-state index in [-0.39, 0.29) is 11.5 Å². The zero-order valence-electron chi connectivity index (χ0n) is 12.6. The molecule has 1 amide bonds. The van der Waals surface area contributed by atoms with Gasteiger partial charge in [0, 0.05) is 19.1 Å². The molecule has 0 bridgehead atoms. The monoisotopic (exact) mass is 268 g/mol. The average molecular weight is 268 g/mol. The minimum atomic E-state index is -0.409. The van der Waals surface area contributed by atoms with Gasteiger partial charge in [-0.05, 0) is 51.9 Å². The van der Waals surface area contributed by atoms with Crippen LogP contribution in [0, 0.1) is 5.41 Å². The molecule has 0 aromatic carbocycles. The molecule has 0 aromatic heterocycles. The van der Waals surface area contributed by atoms with Crippen molar-refractivity contribution in [2.75, 3.05) is 13.1 Å². The number of piperidine rings is 1. The maximum Gasteiger partial charge on any atom is 0.410 e. The fraction of sp³-hybridized carbons (Fsp3) is 0.933. The van der Waals surface area contributed by atoms with Crippen molar-refractivity contribution < 1.29 is 9.53 Å². The van der Waals surface area contributed by atoms with E-state index in [1.807, 2.05) is 25.7 Å². The molecule has 0 radical (unpaired) electrons. The lowest BCUT2D eigenvalue weighted by Crippen LogP contribution is -2.52. The van der Waals surface area contributed by atoms with Gasteiger partial charge >= 0.3 is 6.09 Å². The van der Waals surface area contributed by atoms with Crippen LogP contribution in [0.4, 0.5) is 4.79 Å². The van der Waals surface area contributed by atoms with Gasteiger partial charge in [0.25, 0.3) is 0 Å². The summed E-state index contributed by atoms with van der Waals surface area (Å²) in [5.41, 5.74) is 6.21. The molecule has 2 N–H and O–H groups in total. The number of hydrogen-bond acceptors (Lipinski definition) is 3. The molecule has 1 aliphatic carbocycles. The average Bonchev–Trinajstić information content (AvgIpc) is 2.32. The molecule has 1 atom stereocenters. The fourth-order valence-electron chi connectivity index (χ4n) is 3.41. The third kappa shape index (κ3) is 3.41. The lowest BCUT2D eigenvalue weighted by Gasteiger charge is -2.47. The van der Waals surface area contributed by atoms with Gasteiger partial charge in [0.1, 0.15) is 5.60 Å². The van der Waals surface area contributed by atoms with Gasteiger partial charge in [-0.15, -0.1) is 0 Å². The zero-order chi connectivity index (χ0) is 14.1. The highest BCUT2D eigenvalue weighted by Gasteiger charge is 2.42. The minimum Gasteiger partial charge on any atom is -0.444 e. The van der Waals surface area contributed by atoms with E-state index in [0.29, 0.717) is 6.04 Å². The molecule has 110 valence electrons. The van der Waals surface area contributed by atoms with Crippen molar-refractivity contribution in [3.63, 3.8) is 0 Å². The molecule has 0 unspecified atom stereocenters. The second-order valence-electron chi connectivity index (χ2n) is 7.18. The smallest absolute Gasteiger partial charge is 0.410 e. The normalized spacial score (nSPS) is 27.4. The van der Waals surface area contributed by atoms with Crippen LogP contribution in [0.5, 0.6) is 0 Å². The van der Waals surface area contributed by atoms with Crippen LogP contribution in [-0.2, 0) is 4.74 Å². The highest BCUT2D eigenvalue weighted by atomic mass is 16.6. The largest absolute Gasteiger partial charge is 0.444 e. The van der Waals surface area contributed by atoms with E-state index < -0.39 is 5.60 Å². The Morgan fingerprint density at radius 1 is 1.21 bits per heavy atom. The van der Waals surface area contributed by atoms with Crippen molar-refractivity contribution in [1.82, 2.24) is 4.90 Å². The molecule has 4 heteroatoms. The van der Waals surface area contributed by atoms with Gasteiger partial charge in [-0.3, -0.25) is 0 Å². The Morgan fingerprint density at radius 3 is 2.37 bits per heavy atom. The molecule has 4 nitrogen and oxygen atoms in total. The Bertz CT molecular complexity index is 328. The summed E-state index contributed by atoms with van der Waals surface area (Å²) < 4.78 is 5.44. The summed E-state index contributed by atoms with van der Waals surface area (Å²) in [4.78, 5) is 13.9. The lowest BCUT2D eigenvalue weighted by molar-refractivity contribution is 0.000175. The maximum atomic E-state index is 12.0. The number of nitrogens with zero attached hydrogens (tertiary/aromatic N) is 1. The molecule has 0 aromatic rings. The fourth-order valence-corrected chi connectivity index (χ4v) is 3.41. The first-order valence-corrected chi connectivity index (χ1v) is 7.56. The van der Waals surface area contributed by atoms with Gasteiger partial charge in [0.05, 0.1) is 0 Å². The van der Waals surface area contributed by atoms with Gasteiger partial charge < -0.3 is 15.4 Å². The molecule has 2 aliphatic rings. The zero-order valence-corrected chi connectivity index (χ0v) is 12.6. The minimum absolute atomic E-state index is 0.174. The number of carbonyl (C=O) groups excluding carboxylic acids is 1. The first kappa shape index (κ1) is 14.6. The second-order valence-corrected chi connectivity index (χ2v) is 7.18. The number of likely N-dealkylation sites (tertiary alicyclic amines) is 1. The van der Waals surface area contributed by atoms with Gasteiger partial charge in [0.15, 0.2) is 0 Å². The van der Waals surface area contributed by atoms with E-state index in [1.54, 1.807) is 0 Å². The van der Waals surface area contributed by atoms with Crippen LogP contribution >= 0.6 is 0 Å². The molecule has 2 rings (SSSR count). The van der Waals surface area contributed by atoms with Crippen molar-refractivity contribution in [2.24, 2.45) is 11.1 Å². The standard InChI is InChI=1S/C15H28N2O2/c1-14(2,3)19-13(18)17-10-8-15(9-11-17)7-5-4-6-12(15)16/h12H,4-11,16H2,1-3H3/t12-/m1/s1. The SMILES string of the molecule is CC(C)(C)OC(=O)N1CCC2(CCCC[C@H]2N)CC1. The summed E-state index contributed by atoms with van der Waals surface area (Å²) in [5.74, 6) is 0. The van der Waals surface area contributed by atoms with Crippen LogP contribution < -0.4 is 5.73 Å². The number of amides is 1. The molecule has 1 aliphatic heterocycles. The molecule has 1 heterocycles. The maximum absolute atomic E-state index is 12.0. The third-order valence-electron chi connectivity index (χ3n) is 4.64. The van der Waals surface area contributed by atoms with E-state index in [4.69, 9.17) is 10.5 Å². The first-order chi connectivity index (χ1) is 8.82. The van der Waals surface area contributed by atoms with E-state index in [1.165, 1.54) is 19.3 Å². The predicted octanol–water partition coefficient (Wildman–Crippen LogP) is 2.91. The number of rotatable bonds is 0. The van der Waals surface area contributed by atoms with Crippen molar-refractivity contribution >= 4 is 6.09 Å².